The third-order valence-electron chi connectivity index (χ3n) is 2.72. The maximum absolute atomic E-state index is 12.0. The van der Waals surface area contributed by atoms with Crippen LogP contribution in [0, 0.1) is 5.92 Å². The lowest BCUT2D eigenvalue weighted by molar-refractivity contribution is -0.123. The van der Waals surface area contributed by atoms with E-state index in [9.17, 15) is 9.59 Å². The van der Waals surface area contributed by atoms with Crippen LogP contribution in [0.4, 0.5) is 4.79 Å². The van der Waals surface area contributed by atoms with E-state index in [-0.39, 0.29) is 11.7 Å². The van der Waals surface area contributed by atoms with Crippen molar-refractivity contribution in [2.45, 2.75) is 26.3 Å². The van der Waals surface area contributed by atoms with Gasteiger partial charge < -0.3 is 14.6 Å². The molecule has 1 atom stereocenters. The van der Waals surface area contributed by atoms with Crippen LogP contribution in [0.15, 0.2) is 12.5 Å². The molecule has 0 unspecified atom stereocenters. The number of hydrogen-bond acceptors (Lipinski definition) is 4. The molecule has 0 saturated heterocycles. The van der Waals surface area contributed by atoms with Crippen molar-refractivity contribution in [1.29, 1.82) is 0 Å². The highest BCUT2D eigenvalue weighted by Crippen LogP contribution is 2.07. The highest BCUT2D eigenvalue weighted by Gasteiger charge is 2.24. The van der Waals surface area contributed by atoms with E-state index in [4.69, 9.17) is 0 Å². The van der Waals surface area contributed by atoms with Crippen molar-refractivity contribution in [3.8, 4) is 0 Å². The molecule has 1 heterocycles. The Hall–Kier alpha value is -1.85. The molecule has 0 spiro atoms. The summed E-state index contributed by atoms with van der Waals surface area (Å²) < 4.78 is 6.35. The second kappa shape index (κ2) is 6.18. The molecule has 0 aliphatic carbocycles. The van der Waals surface area contributed by atoms with Gasteiger partial charge in [0, 0.05) is 31.3 Å². The number of methoxy groups -OCH3 is 1. The third-order valence-corrected chi connectivity index (χ3v) is 2.72. The van der Waals surface area contributed by atoms with Gasteiger partial charge in [0.15, 0.2) is 5.78 Å². The number of rotatable bonds is 5. The standard InChI is InChI=1S/C12H19N3O3/c1-8(2)11(16)10(14-12(17)18-4)5-9-6-13-7-15(9)3/h6-8,10H,5H2,1-4H3,(H,14,17)/t10-/m0/s1. The monoisotopic (exact) mass is 253 g/mol. The highest BCUT2D eigenvalue weighted by molar-refractivity contribution is 5.88. The topological polar surface area (TPSA) is 73.2 Å². The first-order chi connectivity index (χ1) is 8.45. The van der Waals surface area contributed by atoms with Crippen molar-refractivity contribution >= 4 is 11.9 Å². The largest absolute Gasteiger partial charge is 0.453 e. The van der Waals surface area contributed by atoms with Gasteiger partial charge in [-0.2, -0.15) is 0 Å². The predicted octanol–water partition coefficient (Wildman–Crippen LogP) is 0.912. The summed E-state index contributed by atoms with van der Waals surface area (Å²) in [6.07, 6.45) is 3.14. The minimum atomic E-state index is -0.601. The van der Waals surface area contributed by atoms with E-state index in [1.54, 1.807) is 26.4 Å². The molecule has 6 nitrogen and oxygen atoms in total. The molecule has 0 aromatic carbocycles. The van der Waals surface area contributed by atoms with Gasteiger partial charge >= 0.3 is 6.09 Å². The number of carbonyl (C=O) groups is 2. The zero-order chi connectivity index (χ0) is 13.7. The summed E-state index contributed by atoms with van der Waals surface area (Å²) in [6, 6.07) is -0.590. The van der Waals surface area contributed by atoms with Crippen molar-refractivity contribution in [3.63, 3.8) is 0 Å². The van der Waals surface area contributed by atoms with Crippen molar-refractivity contribution in [2.75, 3.05) is 7.11 Å². The second-order valence-corrected chi connectivity index (χ2v) is 4.45. The number of ketones is 1. The quantitative estimate of drug-likeness (QED) is 0.846. The van der Waals surface area contributed by atoms with E-state index in [0.717, 1.165) is 5.69 Å². The maximum atomic E-state index is 12.0. The molecular weight excluding hydrogens is 234 g/mol. The number of nitrogens with zero attached hydrogens (tertiary/aromatic N) is 2. The Labute approximate surface area is 106 Å². The van der Waals surface area contributed by atoms with Gasteiger partial charge in [0.1, 0.15) is 0 Å². The first-order valence-corrected chi connectivity index (χ1v) is 5.79. The number of alkyl carbamates (subject to hydrolysis) is 1. The molecule has 0 bridgehead atoms. The van der Waals surface area contributed by atoms with Gasteiger partial charge in [0.2, 0.25) is 0 Å². The van der Waals surface area contributed by atoms with Crippen LogP contribution in [0.25, 0.3) is 0 Å². The lowest BCUT2D eigenvalue weighted by Crippen LogP contribution is -2.44. The Balaban J connectivity index is 2.81. The number of nitrogens with one attached hydrogen (secondary N) is 1. The summed E-state index contributed by atoms with van der Waals surface area (Å²) in [7, 11) is 3.12. The predicted molar refractivity (Wildman–Crippen MR) is 66.1 cm³/mol. The zero-order valence-electron chi connectivity index (χ0n) is 11.1. The molecule has 1 amide bonds. The summed E-state index contributed by atoms with van der Waals surface area (Å²) in [5.74, 6) is -0.179. The van der Waals surface area contributed by atoms with E-state index < -0.39 is 12.1 Å². The maximum Gasteiger partial charge on any atom is 0.407 e. The summed E-state index contributed by atoms with van der Waals surface area (Å²) >= 11 is 0. The minimum Gasteiger partial charge on any atom is -0.453 e. The van der Waals surface area contributed by atoms with E-state index >= 15 is 0 Å². The molecule has 1 N–H and O–H groups in total. The number of carbonyl (C=O) groups excluding carboxylic acids is 2. The van der Waals surface area contributed by atoms with Gasteiger partial charge in [-0.05, 0) is 0 Å². The van der Waals surface area contributed by atoms with Gasteiger partial charge in [-0.1, -0.05) is 13.8 Å². The van der Waals surface area contributed by atoms with Gasteiger partial charge in [0.05, 0.1) is 19.5 Å². The Bertz CT molecular complexity index is 426. The molecule has 18 heavy (non-hydrogen) atoms. The zero-order valence-corrected chi connectivity index (χ0v) is 11.1. The van der Waals surface area contributed by atoms with E-state index in [1.165, 1.54) is 7.11 Å². The lowest BCUT2D eigenvalue weighted by Gasteiger charge is -2.18. The molecule has 100 valence electrons. The first-order valence-electron chi connectivity index (χ1n) is 5.79. The average Bonchev–Trinajstić information content (AvgIpc) is 2.72. The number of aromatic nitrogens is 2. The van der Waals surface area contributed by atoms with Gasteiger partial charge in [-0.25, -0.2) is 9.78 Å². The fraction of sp³-hybridized carbons (Fsp3) is 0.583. The highest BCUT2D eigenvalue weighted by atomic mass is 16.5. The fourth-order valence-corrected chi connectivity index (χ4v) is 1.62. The minimum absolute atomic E-state index is 0.0263. The van der Waals surface area contributed by atoms with Crippen LogP contribution in [0.5, 0.6) is 0 Å². The average molecular weight is 253 g/mol. The van der Waals surface area contributed by atoms with Crippen LogP contribution in [-0.2, 0) is 23.0 Å². The number of amides is 1. The van der Waals surface area contributed by atoms with Crippen molar-refractivity contribution in [3.05, 3.63) is 18.2 Å². The Morgan fingerprint density at radius 1 is 1.50 bits per heavy atom. The Kier molecular flexibility index (Phi) is 4.88. The number of imidazole rings is 1. The van der Waals surface area contributed by atoms with Gasteiger partial charge in [0.25, 0.3) is 0 Å². The SMILES string of the molecule is COC(=O)N[C@@H](Cc1cncn1C)C(=O)C(C)C. The molecule has 0 aliphatic rings. The lowest BCUT2D eigenvalue weighted by atomic mass is 9.98. The van der Waals surface area contributed by atoms with Crippen LogP contribution in [0.1, 0.15) is 19.5 Å². The Morgan fingerprint density at radius 3 is 2.61 bits per heavy atom. The van der Waals surface area contributed by atoms with Crippen molar-refractivity contribution in [1.82, 2.24) is 14.9 Å². The molecule has 0 aliphatic heterocycles. The third kappa shape index (κ3) is 3.58. The first kappa shape index (κ1) is 14.2. The van der Waals surface area contributed by atoms with Gasteiger partial charge in [-0.15, -0.1) is 0 Å². The molecule has 0 radical (unpaired) electrons. The number of ether oxygens (including phenoxy) is 1. The summed E-state index contributed by atoms with van der Waals surface area (Å²) in [5, 5.41) is 2.56. The fourth-order valence-electron chi connectivity index (χ4n) is 1.62. The van der Waals surface area contributed by atoms with Crippen LogP contribution in [-0.4, -0.2) is 34.6 Å². The molecule has 1 aromatic heterocycles. The second-order valence-electron chi connectivity index (χ2n) is 4.45. The molecular formula is C12H19N3O3. The molecule has 0 fully saturated rings. The molecule has 0 saturated carbocycles. The van der Waals surface area contributed by atoms with Crippen molar-refractivity contribution < 1.29 is 14.3 Å². The van der Waals surface area contributed by atoms with E-state index in [0.29, 0.717) is 6.42 Å². The molecule has 6 heteroatoms. The van der Waals surface area contributed by atoms with Crippen LogP contribution < -0.4 is 5.32 Å². The number of aryl methyl sites for hydroxylation is 1. The smallest absolute Gasteiger partial charge is 0.407 e. The summed E-state index contributed by atoms with van der Waals surface area (Å²) in [5.41, 5.74) is 0.880. The van der Waals surface area contributed by atoms with E-state index in [2.05, 4.69) is 15.0 Å². The number of Topliss-reactive ketones (excluding diaryl/α,β-unsaturated/α-hetero) is 1. The summed E-state index contributed by atoms with van der Waals surface area (Å²) in [6.45, 7) is 3.61. The number of hydrogen-bond donors (Lipinski definition) is 1. The molecule has 1 aromatic rings. The van der Waals surface area contributed by atoms with Gasteiger partial charge in [-0.3, -0.25) is 4.79 Å². The van der Waals surface area contributed by atoms with Crippen molar-refractivity contribution in [2.24, 2.45) is 13.0 Å². The summed E-state index contributed by atoms with van der Waals surface area (Å²) in [4.78, 5) is 27.3. The Morgan fingerprint density at radius 2 is 2.17 bits per heavy atom. The van der Waals surface area contributed by atoms with E-state index in [1.807, 2.05) is 11.6 Å². The van der Waals surface area contributed by atoms with Crippen LogP contribution in [0.3, 0.4) is 0 Å². The van der Waals surface area contributed by atoms with Crippen LogP contribution in [0.2, 0.25) is 0 Å². The normalized spacial score (nSPS) is 12.3. The molecule has 1 rings (SSSR count). The van der Waals surface area contributed by atoms with Crippen LogP contribution >= 0.6 is 0 Å².